The minimum absolute atomic E-state index is 0.100. The molecule has 0 saturated heterocycles. The molecule has 21 heavy (non-hydrogen) atoms. The van der Waals surface area contributed by atoms with Crippen molar-refractivity contribution < 1.29 is 9.53 Å². The van der Waals surface area contributed by atoms with Crippen molar-refractivity contribution in [3.05, 3.63) is 29.8 Å². The van der Waals surface area contributed by atoms with E-state index in [4.69, 9.17) is 16.3 Å². The van der Waals surface area contributed by atoms with Gasteiger partial charge in [-0.25, -0.2) is 0 Å². The molecular weight excluding hydrogens is 284 g/mol. The lowest BCUT2D eigenvalue weighted by atomic mass is 9.48. The van der Waals surface area contributed by atoms with Gasteiger partial charge in [0.05, 0.1) is 0 Å². The third-order valence-corrected chi connectivity index (χ3v) is 6.06. The number of rotatable bonds is 3. The Morgan fingerprint density at radius 1 is 1.05 bits per heavy atom. The van der Waals surface area contributed by atoms with Crippen LogP contribution in [0.15, 0.2) is 24.3 Å². The van der Waals surface area contributed by atoms with Gasteiger partial charge in [-0.2, -0.15) is 0 Å². The standard InChI is InChI=1S/C18H21ClO2/c19-11-17(20)21-16-3-1-15(2-4-16)18-8-12-5-13(9-18)7-14(6-12)10-18/h1-4,12-14H,5-11H2. The lowest BCUT2D eigenvalue weighted by Crippen LogP contribution is -2.48. The summed E-state index contributed by atoms with van der Waals surface area (Å²) in [6.07, 6.45) is 8.47. The predicted octanol–water partition coefficient (Wildman–Crippen LogP) is 4.30. The maximum atomic E-state index is 11.2. The Kier molecular flexibility index (Phi) is 3.25. The van der Waals surface area contributed by atoms with E-state index in [-0.39, 0.29) is 11.8 Å². The molecule has 0 aliphatic heterocycles. The van der Waals surface area contributed by atoms with Crippen LogP contribution < -0.4 is 4.74 Å². The normalized spacial score (nSPS) is 36.7. The quantitative estimate of drug-likeness (QED) is 0.473. The maximum Gasteiger partial charge on any atom is 0.326 e. The van der Waals surface area contributed by atoms with E-state index < -0.39 is 0 Å². The molecule has 0 unspecified atom stereocenters. The first-order valence-electron chi connectivity index (χ1n) is 8.04. The van der Waals surface area contributed by atoms with Gasteiger partial charge in [0.15, 0.2) is 0 Å². The van der Waals surface area contributed by atoms with E-state index >= 15 is 0 Å². The van der Waals surface area contributed by atoms with Crippen molar-refractivity contribution in [2.75, 3.05) is 5.88 Å². The average molecular weight is 305 g/mol. The lowest BCUT2D eigenvalue weighted by Gasteiger charge is -2.57. The summed E-state index contributed by atoms with van der Waals surface area (Å²) in [4.78, 5) is 11.2. The van der Waals surface area contributed by atoms with E-state index in [0.29, 0.717) is 11.2 Å². The SMILES string of the molecule is O=C(CCl)Oc1ccc(C23CC4CC(CC(C4)C2)C3)cc1. The molecule has 0 amide bonds. The van der Waals surface area contributed by atoms with E-state index in [1.165, 1.54) is 44.1 Å². The zero-order valence-electron chi connectivity index (χ0n) is 12.2. The molecule has 112 valence electrons. The van der Waals surface area contributed by atoms with E-state index in [2.05, 4.69) is 12.1 Å². The van der Waals surface area contributed by atoms with Crippen LogP contribution in [0.25, 0.3) is 0 Å². The number of carbonyl (C=O) groups excluding carboxylic acids is 1. The molecule has 5 rings (SSSR count). The van der Waals surface area contributed by atoms with Crippen molar-refractivity contribution >= 4 is 17.6 Å². The van der Waals surface area contributed by atoms with Crippen molar-refractivity contribution in [1.82, 2.24) is 0 Å². The highest BCUT2D eigenvalue weighted by Crippen LogP contribution is 2.60. The smallest absolute Gasteiger partial charge is 0.326 e. The van der Waals surface area contributed by atoms with E-state index in [1.807, 2.05) is 12.1 Å². The summed E-state index contributed by atoms with van der Waals surface area (Å²) in [5.74, 6) is 2.96. The van der Waals surface area contributed by atoms with Gasteiger partial charge in [0.2, 0.25) is 0 Å². The first-order chi connectivity index (χ1) is 10.2. The van der Waals surface area contributed by atoms with Gasteiger partial charge in [-0.15, -0.1) is 11.6 Å². The summed E-state index contributed by atoms with van der Waals surface area (Å²) in [6, 6.07) is 8.20. The third kappa shape index (κ3) is 2.38. The topological polar surface area (TPSA) is 26.3 Å². The molecule has 0 radical (unpaired) electrons. The van der Waals surface area contributed by atoms with Crippen molar-refractivity contribution in [3.8, 4) is 5.75 Å². The van der Waals surface area contributed by atoms with Crippen molar-refractivity contribution in [2.24, 2.45) is 17.8 Å². The van der Waals surface area contributed by atoms with E-state index in [0.717, 1.165) is 17.8 Å². The van der Waals surface area contributed by atoms with Gasteiger partial charge in [-0.3, -0.25) is 4.79 Å². The zero-order valence-corrected chi connectivity index (χ0v) is 12.9. The molecule has 0 N–H and O–H groups in total. The molecule has 0 atom stereocenters. The molecule has 3 heteroatoms. The van der Waals surface area contributed by atoms with Crippen molar-refractivity contribution in [2.45, 2.75) is 43.9 Å². The second-order valence-electron chi connectivity index (χ2n) is 7.33. The molecule has 0 heterocycles. The fraction of sp³-hybridized carbons (Fsp3) is 0.611. The van der Waals surface area contributed by atoms with Gasteiger partial charge < -0.3 is 4.74 Å². The van der Waals surface area contributed by atoms with Gasteiger partial charge in [-0.05, 0) is 79.4 Å². The predicted molar refractivity (Wildman–Crippen MR) is 82.6 cm³/mol. The number of alkyl halides is 1. The largest absolute Gasteiger partial charge is 0.426 e. The molecule has 0 spiro atoms. The highest BCUT2D eigenvalue weighted by molar-refractivity contribution is 6.26. The maximum absolute atomic E-state index is 11.2. The fourth-order valence-electron chi connectivity index (χ4n) is 5.50. The average Bonchev–Trinajstić information content (AvgIpc) is 2.46. The molecule has 4 saturated carbocycles. The molecule has 1 aromatic carbocycles. The Labute approximate surface area is 130 Å². The van der Waals surface area contributed by atoms with Crippen LogP contribution in [0.4, 0.5) is 0 Å². The summed E-state index contributed by atoms with van der Waals surface area (Å²) in [5.41, 5.74) is 1.86. The Bertz CT molecular complexity index is 514. The number of carbonyl (C=O) groups is 1. The number of hydrogen-bond acceptors (Lipinski definition) is 2. The van der Waals surface area contributed by atoms with Gasteiger partial charge in [0.25, 0.3) is 0 Å². The van der Waals surface area contributed by atoms with Crippen LogP contribution >= 0.6 is 11.6 Å². The molecule has 4 fully saturated rings. The second-order valence-corrected chi connectivity index (χ2v) is 7.60. The molecular formula is C18H21ClO2. The molecule has 4 aliphatic carbocycles. The highest BCUT2D eigenvalue weighted by atomic mass is 35.5. The minimum atomic E-state index is -0.390. The second kappa shape index (κ2) is 5.01. The summed E-state index contributed by atoms with van der Waals surface area (Å²) >= 11 is 5.47. The number of halogens is 1. The molecule has 4 aliphatic rings. The van der Waals surface area contributed by atoms with Gasteiger partial charge in [-0.1, -0.05) is 12.1 Å². The summed E-state index contributed by atoms with van der Waals surface area (Å²) < 4.78 is 5.17. The van der Waals surface area contributed by atoms with Gasteiger partial charge in [0.1, 0.15) is 11.6 Å². The summed E-state index contributed by atoms with van der Waals surface area (Å²) in [6.45, 7) is 0. The number of benzene rings is 1. The zero-order chi connectivity index (χ0) is 14.4. The third-order valence-electron chi connectivity index (χ3n) is 5.85. The van der Waals surface area contributed by atoms with Crippen molar-refractivity contribution in [1.29, 1.82) is 0 Å². The Morgan fingerprint density at radius 2 is 1.57 bits per heavy atom. The fourth-order valence-corrected chi connectivity index (χ4v) is 5.55. The number of hydrogen-bond donors (Lipinski definition) is 0. The Balaban J connectivity index is 1.57. The van der Waals surface area contributed by atoms with Gasteiger partial charge in [0, 0.05) is 0 Å². The van der Waals surface area contributed by atoms with Crippen LogP contribution in [0.3, 0.4) is 0 Å². The monoisotopic (exact) mass is 304 g/mol. The van der Waals surface area contributed by atoms with Gasteiger partial charge >= 0.3 is 5.97 Å². The Morgan fingerprint density at radius 3 is 2.05 bits per heavy atom. The van der Waals surface area contributed by atoms with Crippen LogP contribution in [0.1, 0.15) is 44.1 Å². The lowest BCUT2D eigenvalue weighted by molar-refractivity contribution is -0.131. The summed E-state index contributed by atoms with van der Waals surface area (Å²) in [5, 5.41) is 0. The van der Waals surface area contributed by atoms with E-state index in [9.17, 15) is 4.79 Å². The minimum Gasteiger partial charge on any atom is -0.426 e. The number of esters is 1. The van der Waals surface area contributed by atoms with Crippen LogP contribution in [-0.4, -0.2) is 11.8 Å². The molecule has 0 aromatic heterocycles. The highest BCUT2D eigenvalue weighted by Gasteiger charge is 2.51. The summed E-state index contributed by atoms with van der Waals surface area (Å²) in [7, 11) is 0. The Hall–Kier alpha value is -1.02. The first-order valence-corrected chi connectivity index (χ1v) is 8.57. The van der Waals surface area contributed by atoms with Crippen LogP contribution in [0.2, 0.25) is 0 Å². The number of ether oxygens (including phenoxy) is 1. The first kappa shape index (κ1) is 13.6. The molecule has 1 aromatic rings. The van der Waals surface area contributed by atoms with Crippen LogP contribution in [0, 0.1) is 17.8 Å². The van der Waals surface area contributed by atoms with Crippen LogP contribution in [-0.2, 0) is 10.2 Å². The molecule has 4 bridgehead atoms. The molecule has 2 nitrogen and oxygen atoms in total. The van der Waals surface area contributed by atoms with Crippen molar-refractivity contribution in [3.63, 3.8) is 0 Å². The van der Waals surface area contributed by atoms with E-state index in [1.54, 1.807) is 0 Å². The van der Waals surface area contributed by atoms with Crippen LogP contribution in [0.5, 0.6) is 5.75 Å².